The van der Waals surface area contributed by atoms with E-state index in [0.29, 0.717) is 19.1 Å². The SMILES string of the molecule is CCOC[C@@H](O)CN1CC[C@@H](c2ccccc2C)C1. The summed E-state index contributed by atoms with van der Waals surface area (Å²) < 4.78 is 5.26. The van der Waals surface area contributed by atoms with E-state index in [2.05, 4.69) is 36.1 Å². The van der Waals surface area contributed by atoms with Crippen LogP contribution in [-0.2, 0) is 4.74 Å². The van der Waals surface area contributed by atoms with Gasteiger partial charge in [0.1, 0.15) is 0 Å². The Kier molecular flexibility index (Phi) is 5.37. The molecule has 0 bridgehead atoms. The first kappa shape index (κ1) is 14.5. The number of rotatable bonds is 6. The Morgan fingerprint density at radius 2 is 2.21 bits per heavy atom. The Labute approximate surface area is 116 Å². The normalized spacial score (nSPS) is 21.7. The molecular weight excluding hydrogens is 238 g/mol. The van der Waals surface area contributed by atoms with E-state index < -0.39 is 0 Å². The number of aryl methyl sites for hydroxylation is 1. The van der Waals surface area contributed by atoms with Crippen LogP contribution in [0.25, 0.3) is 0 Å². The van der Waals surface area contributed by atoms with Gasteiger partial charge in [-0.15, -0.1) is 0 Å². The summed E-state index contributed by atoms with van der Waals surface area (Å²) in [6, 6.07) is 8.63. The molecule has 1 aliphatic heterocycles. The van der Waals surface area contributed by atoms with E-state index in [1.165, 1.54) is 17.5 Å². The van der Waals surface area contributed by atoms with E-state index in [9.17, 15) is 5.11 Å². The van der Waals surface area contributed by atoms with Gasteiger partial charge in [-0.3, -0.25) is 0 Å². The Morgan fingerprint density at radius 1 is 1.42 bits per heavy atom. The maximum atomic E-state index is 9.89. The molecule has 0 unspecified atom stereocenters. The van der Waals surface area contributed by atoms with Crippen molar-refractivity contribution in [1.82, 2.24) is 4.90 Å². The molecule has 2 atom stereocenters. The molecule has 1 aromatic rings. The van der Waals surface area contributed by atoms with Crippen LogP contribution in [0.3, 0.4) is 0 Å². The van der Waals surface area contributed by atoms with Gasteiger partial charge < -0.3 is 14.7 Å². The molecule has 19 heavy (non-hydrogen) atoms. The monoisotopic (exact) mass is 263 g/mol. The van der Waals surface area contributed by atoms with Crippen LogP contribution >= 0.6 is 0 Å². The zero-order valence-electron chi connectivity index (χ0n) is 12.0. The highest BCUT2D eigenvalue weighted by Crippen LogP contribution is 2.29. The molecule has 1 N–H and O–H groups in total. The summed E-state index contributed by atoms with van der Waals surface area (Å²) in [5.74, 6) is 0.612. The number of benzene rings is 1. The number of ether oxygens (including phenoxy) is 1. The second-order valence-corrected chi connectivity index (χ2v) is 5.42. The molecule has 1 aromatic carbocycles. The molecule has 0 radical (unpaired) electrons. The summed E-state index contributed by atoms with van der Waals surface area (Å²) in [6.45, 7) is 8.10. The molecule has 106 valence electrons. The van der Waals surface area contributed by atoms with Crippen LogP contribution in [0.5, 0.6) is 0 Å². The summed E-state index contributed by atoms with van der Waals surface area (Å²) in [6.07, 6.45) is 0.822. The van der Waals surface area contributed by atoms with Crippen molar-refractivity contribution in [3.05, 3.63) is 35.4 Å². The first-order valence-electron chi connectivity index (χ1n) is 7.24. The molecule has 0 amide bonds. The third kappa shape index (κ3) is 4.03. The minimum absolute atomic E-state index is 0.365. The number of aliphatic hydroxyl groups excluding tert-OH is 1. The molecule has 0 aromatic heterocycles. The van der Waals surface area contributed by atoms with Gasteiger partial charge in [-0.1, -0.05) is 24.3 Å². The lowest BCUT2D eigenvalue weighted by Crippen LogP contribution is -2.33. The minimum Gasteiger partial charge on any atom is -0.389 e. The van der Waals surface area contributed by atoms with Gasteiger partial charge in [-0.2, -0.15) is 0 Å². The second-order valence-electron chi connectivity index (χ2n) is 5.42. The largest absolute Gasteiger partial charge is 0.389 e. The Hall–Kier alpha value is -0.900. The molecule has 0 saturated carbocycles. The Morgan fingerprint density at radius 3 is 2.95 bits per heavy atom. The average Bonchev–Trinajstić information content (AvgIpc) is 2.85. The summed E-state index contributed by atoms with van der Waals surface area (Å²) in [7, 11) is 0. The molecule has 2 rings (SSSR count). The fourth-order valence-electron chi connectivity index (χ4n) is 2.90. The molecule has 1 heterocycles. The average molecular weight is 263 g/mol. The molecule has 3 heteroatoms. The predicted molar refractivity (Wildman–Crippen MR) is 77.5 cm³/mol. The van der Waals surface area contributed by atoms with Crippen LogP contribution in [0, 0.1) is 6.92 Å². The van der Waals surface area contributed by atoms with Gasteiger partial charge in [0, 0.05) is 19.7 Å². The summed E-state index contributed by atoms with van der Waals surface area (Å²) in [5, 5.41) is 9.89. The van der Waals surface area contributed by atoms with E-state index in [4.69, 9.17) is 4.74 Å². The van der Waals surface area contributed by atoms with E-state index in [1.54, 1.807) is 0 Å². The topological polar surface area (TPSA) is 32.7 Å². The summed E-state index contributed by atoms with van der Waals surface area (Å²) >= 11 is 0. The Balaban J connectivity index is 1.85. The highest BCUT2D eigenvalue weighted by Gasteiger charge is 2.25. The number of aliphatic hydroxyl groups is 1. The Bertz CT molecular complexity index is 394. The van der Waals surface area contributed by atoms with Crippen LogP contribution in [0.2, 0.25) is 0 Å². The number of β-amino-alcohol motifs (C(OH)–C–C–N with tert-alkyl or cyclic N) is 1. The quantitative estimate of drug-likeness (QED) is 0.854. The van der Waals surface area contributed by atoms with Crippen LogP contribution in [0.1, 0.15) is 30.4 Å². The number of nitrogens with zero attached hydrogens (tertiary/aromatic N) is 1. The van der Waals surface area contributed by atoms with Gasteiger partial charge in [0.2, 0.25) is 0 Å². The summed E-state index contributed by atoms with van der Waals surface area (Å²) in [5.41, 5.74) is 2.84. The molecule has 3 nitrogen and oxygen atoms in total. The maximum Gasteiger partial charge on any atom is 0.0900 e. The van der Waals surface area contributed by atoms with Gasteiger partial charge in [-0.05, 0) is 43.9 Å². The standard InChI is InChI=1S/C16H25NO2/c1-3-19-12-15(18)11-17-9-8-14(10-17)16-7-5-4-6-13(16)2/h4-7,14-15,18H,3,8-12H2,1-2H3/t14-,15+/m1/s1. The third-order valence-corrected chi connectivity index (χ3v) is 3.88. The predicted octanol–water partition coefficient (Wildman–Crippen LogP) is 2.18. The lowest BCUT2D eigenvalue weighted by Gasteiger charge is -2.20. The molecule has 1 fully saturated rings. The fraction of sp³-hybridized carbons (Fsp3) is 0.625. The van der Waals surface area contributed by atoms with Crippen molar-refractivity contribution in [2.24, 2.45) is 0 Å². The van der Waals surface area contributed by atoms with Crippen molar-refractivity contribution in [1.29, 1.82) is 0 Å². The second kappa shape index (κ2) is 7.04. The van der Waals surface area contributed by atoms with Crippen molar-refractivity contribution >= 4 is 0 Å². The van der Waals surface area contributed by atoms with E-state index in [-0.39, 0.29) is 6.10 Å². The van der Waals surface area contributed by atoms with Crippen molar-refractivity contribution in [2.45, 2.75) is 32.3 Å². The number of likely N-dealkylation sites (tertiary alicyclic amines) is 1. The van der Waals surface area contributed by atoms with Crippen molar-refractivity contribution in [3.8, 4) is 0 Å². The van der Waals surface area contributed by atoms with Crippen molar-refractivity contribution in [3.63, 3.8) is 0 Å². The highest BCUT2D eigenvalue weighted by molar-refractivity contribution is 5.30. The molecule has 0 aliphatic carbocycles. The molecular formula is C16H25NO2. The van der Waals surface area contributed by atoms with Gasteiger partial charge >= 0.3 is 0 Å². The van der Waals surface area contributed by atoms with Crippen molar-refractivity contribution < 1.29 is 9.84 Å². The lowest BCUT2D eigenvalue weighted by molar-refractivity contribution is 0.0250. The van der Waals surface area contributed by atoms with E-state index >= 15 is 0 Å². The number of hydrogen-bond donors (Lipinski definition) is 1. The van der Waals surface area contributed by atoms with E-state index in [0.717, 1.165) is 19.6 Å². The molecule has 0 spiro atoms. The maximum absolute atomic E-state index is 9.89. The van der Waals surface area contributed by atoms with Crippen LogP contribution in [-0.4, -0.2) is 49.0 Å². The smallest absolute Gasteiger partial charge is 0.0900 e. The van der Waals surface area contributed by atoms with Gasteiger partial charge in [-0.25, -0.2) is 0 Å². The zero-order chi connectivity index (χ0) is 13.7. The van der Waals surface area contributed by atoms with Crippen LogP contribution in [0.15, 0.2) is 24.3 Å². The van der Waals surface area contributed by atoms with E-state index in [1.807, 2.05) is 6.92 Å². The fourth-order valence-corrected chi connectivity index (χ4v) is 2.90. The minimum atomic E-state index is -0.365. The van der Waals surface area contributed by atoms with Gasteiger partial charge in [0.05, 0.1) is 12.7 Å². The molecule has 1 aliphatic rings. The first-order valence-corrected chi connectivity index (χ1v) is 7.24. The van der Waals surface area contributed by atoms with Crippen LogP contribution in [0.4, 0.5) is 0 Å². The van der Waals surface area contributed by atoms with Gasteiger partial charge in [0.15, 0.2) is 0 Å². The first-order chi connectivity index (χ1) is 9.20. The summed E-state index contributed by atoms with van der Waals surface area (Å²) in [4.78, 5) is 2.35. The van der Waals surface area contributed by atoms with Gasteiger partial charge in [0.25, 0.3) is 0 Å². The van der Waals surface area contributed by atoms with Crippen molar-refractivity contribution in [2.75, 3.05) is 32.8 Å². The zero-order valence-corrected chi connectivity index (χ0v) is 12.0. The highest BCUT2D eigenvalue weighted by atomic mass is 16.5. The number of hydrogen-bond acceptors (Lipinski definition) is 3. The lowest BCUT2D eigenvalue weighted by atomic mass is 9.94. The molecule has 1 saturated heterocycles. The third-order valence-electron chi connectivity index (χ3n) is 3.88. The van der Waals surface area contributed by atoms with Crippen LogP contribution < -0.4 is 0 Å².